The van der Waals surface area contributed by atoms with Gasteiger partial charge in [0.1, 0.15) is 5.82 Å². The maximum Gasteiger partial charge on any atom is 0.265 e. The van der Waals surface area contributed by atoms with Crippen molar-refractivity contribution in [2.75, 3.05) is 11.9 Å². The molecular weight excluding hydrogens is 289 g/mol. The Kier molecular flexibility index (Phi) is 5.09. The molecule has 1 aromatic heterocycles. The summed E-state index contributed by atoms with van der Waals surface area (Å²) >= 11 is 1.23. The number of hydrogen-bond donors (Lipinski definition) is 2. The predicted octanol–water partition coefficient (Wildman–Crippen LogP) is 3.18. The first kappa shape index (κ1) is 15.2. The molecule has 2 aromatic rings. The number of benzene rings is 1. The molecule has 1 amide bonds. The van der Waals surface area contributed by atoms with Crippen LogP contribution in [-0.4, -0.2) is 17.6 Å². The molecule has 108 valence electrons. The number of thiophene rings is 1. The van der Waals surface area contributed by atoms with E-state index in [4.69, 9.17) is 5.11 Å². The molecule has 0 bridgehead atoms. The summed E-state index contributed by atoms with van der Waals surface area (Å²) in [5.41, 5.74) is 0.954. The van der Waals surface area contributed by atoms with Crippen molar-refractivity contribution in [1.82, 2.24) is 0 Å². The summed E-state index contributed by atoms with van der Waals surface area (Å²) in [4.78, 5) is 13.2. The smallest absolute Gasteiger partial charge is 0.265 e. The zero-order valence-electron chi connectivity index (χ0n) is 11.4. The summed E-state index contributed by atoms with van der Waals surface area (Å²) in [5.74, 6) is 4.83. The van der Waals surface area contributed by atoms with E-state index in [1.165, 1.54) is 23.5 Å². The fourth-order valence-corrected chi connectivity index (χ4v) is 2.41. The molecule has 21 heavy (non-hydrogen) atoms. The summed E-state index contributed by atoms with van der Waals surface area (Å²) in [7, 11) is 0. The second kappa shape index (κ2) is 7.02. The standard InChI is InChI=1S/C16H14FNO2S/c1-11-5-7-14(13(17)10-11)18-16(20)15-8-6-12(21-15)4-2-3-9-19/h5-8,10,19H,3,9H2,1H3,(H,18,20). The van der Waals surface area contributed by atoms with Crippen molar-refractivity contribution in [3.05, 3.63) is 51.5 Å². The van der Waals surface area contributed by atoms with Gasteiger partial charge in [0.15, 0.2) is 0 Å². The van der Waals surface area contributed by atoms with Crippen molar-refractivity contribution in [2.24, 2.45) is 0 Å². The second-order valence-corrected chi connectivity index (χ2v) is 5.46. The number of nitrogens with one attached hydrogen (secondary N) is 1. The number of carbonyl (C=O) groups excluding carboxylic acids is 1. The van der Waals surface area contributed by atoms with Crippen LogP contribution in [0.5, 0.6) is 0 Å². The van der Waals surface area contributed by atoms with Crippen LogP contribution in [0.2, 0.25) is 0 Å². The van der Waals surface area contributed by atoms with Crippen LogP contribution in [0.4, 0.5) is 10.1 Å². The Morgan fingerprint density at radius 2 is 2.19 bits per heavy atom. The lowest BCUT2D eigenvalue weighted by atomic mass is 10.2. The number of aliphatic hydroxyl groups excluding tert-OH is 1. The molecule has 5 heteroatoms. The Morgan fingerprint density at radius 1 is 1.38 bits per heavy atom. The zero-order valence-corrected chi connectivity index (χ0v) is 12.3. The van der Waals surface area contributed by atoms with Crippen molar-refractivity contribution >= 4 is 22.9 Å². The van der Waals surface area contributed by atoms with Crippen LogP contribution >= 0.6 is 11.3 Å². The summed E-state index contributed by atoms with van der Waals surface area (Å²) in [5, 5.41) is 11.2. The monoisotopic (exact) mass is 303 g/mol. The van der Waals surface area contributed by atoms with Crippen molar-refractivity contribution in [2.45, 2.75) is 13.3 Å². The Bertz CT molecular complexity index is 713. The predicted molar refractivity (Wildman–Crippen MR) is 82.0 cm³/mol. The van der Waals surface area contributed by atoms with E-state index in [1.807, 2.05) is 0 Å². The molecule has 0 aliphatic rings. The molecule has 0 fully saturated rings. The van der Waals surface area contributed by atoms with E-state index in [2.05, 4.69) is 17.2 Å². The summed E-state index contributed by atoms with van der Waals surface area (Å²) < 4.78 is 13.7. The van der Waals surface area contributed by atoms with Crippen LogP contribution in [0.25, 0.3) is 0 Å². The molecule has 1 heterocycles. The molecule has 0 spiro atoms. The fourth-order valence-electron chi connectivity index (χ4n) is 1.64. The number of rotatable bonds is 3. The van der Waals surface area contributed by atoms with Gasteiger partial charge in [0.05, 0.1) is 22.0 Å². The van der Waals surface area contributed by atoms with Gasteiger partial charge in [-0.1, -0.05) is 17.9 Å². The lowest BCUT2D eigenvalue weighted by molar-refractivity contribution is 0.103. The van der Waals surface area contributed by atoms with Crippen LogP contribution in [0.15, 0.2) is 30.3 Å². The van der Waals surface area contributed by atoms with E-state index in [9.17, 15) is 9.18 Å². The van der Waals surface area contributed by atoms with E-state index in [0.29, 0.717) is 11.3 Å². The molecule has 0 saturated carbocycles. The van der Waals surface area contributed by atoms with Gasteiger partial charge in [0, 0.05) is 6.42 Å². The number of anilines is 1. The van der Waals surface area contributed by atoms with E-state index >= 15 is 0 Å². The van der Waals surface area contributed by atoms with Crippen LogP contribution in [0, 0.1) is 24.6 Å². The van der Waals surface area contributed by atoms with Gasteiger partial charge in [-0.15, -0.1) is 11.3 Å². The number of aliphatic hydroxyl groups is 1. The first-order valence-electron chi connectivity index (χ1n) is 6.37. The Hall–Kier alpha value is -2.16. The highest BCUT2D eigenvalue weighted by Crippen LogP contribution is 2.20. The lowest BCUT2D eigenvalue weighted by Gasteiger charge is -2.05. The number of halogens is 1. The van der Waals surface area contributed by atoms with Crippen LogP contribution in [-0.2, 0) is 0 Å². The van der Waals surface area contributed by atoms with Crippen molar-refractivity contribution in [1.29, 1.82) is 0 Å². The van der Waals surface area contributed by atoms with Crippen molar-refractivity contribution in [3.63, 3.8) is 0 Å². The van der Waals surface area contributed by atoms with E-state index in [1.54, 1.807) is 25.1 Å². The minimum absolute atomic E-state index is 0.0123. The van der Waals surface area contributed by atoms with Crippen LogP contribution < -0.4 is 5.32 Å². The molecule has 0 unspecified atom stereocenters. The van der Waals surface area contributed by atoms with E-state index < -0.39 is 5.82 Å². The van der Waals surface area contributed by atoms with Gasteiger partial charge < -0.3 is 10.4 Å². The first-order valence-corrected chi connectivity index (χ1v) is 7.19. The highest BCUT2D eigenvalue weighted by molar-refractivity contribution is 7.14. The highest BCUT2D eigenvalue weighted by atomic mass is 32.1. The molecular formula is C16H14FNO2S. The normalized spacial score (nSPS) is 9.86. The van der Waals surface area contributed by atoms with Gasteiger partial charge in [-0.2, -0.15) is 0 Å². The third-order valence-corrected chi connectivity index (χ3v) is 3.65. The maximum atomic E-state index is 13.7. The van der Waals surface area contributed by atoms with Gasteiger partial charge in [0.2, 0.25) is 0 Å². The third kappa shape index (κ3) is 4.15. The number of aryl methyl sites for hydroxylation is 1. The average molecular weight is 303 g/mol. The van der Waals surface area contributed by atoms with Gasteiger partial charge in [0.25, 0.3) is 5.91 Å². The van der Waals surface area contributed by atoms with Crippen molar-refractivity contribution < 1.29 is 14.3 Å². The molecule has 0 atom stereocenters. The minimum Gasteiger partial charge on any atom is -0.395 e. The highest BCUT2D eigenvalue weighted by Gasteiger charge is 2.11. The van der Waals surface area contributed by atoms with E-state index in [-0.39, 0.29) is 18.2 Å². The quantitative estimate of drug-likeness (QED) is 0.856. The van der Waals surface area contributed by atoms with Gasteiger partial charge >= 0.3 is 0 Å². The number of carbonyl (C=O) groups is 1. The zero-order chi connectivity index (χ0) is 15.2. The molecule has 1 aromatic carbocycles. The lowest BCUT2D eigenvalue weighted by Crippen LogP contribution is -2.11. The largest absolute Gasteiger partial charge is 0.395 e. The fraction of sp³-hybridized carbons (Fsp3) is 0.188. The van der Waals surface area contributed by atoms with Gasteiger partial charge in [-0.05, 0) is 36.8 Å². The molecule has 0 radical (unpaired) electrons. The average Bonchev–Trinajstić information content (AvgIpc) is 2.91. The molecule has 3 nitrogen and oxygen atoms in total. The van der Waals surface area contributed by atoms with Crippen LogP contribution in [0.1, 0.15) is 26.5 Å². The summed E-state index contributed by atoms with van der Waals surface area (Å²) in [6, 6.07) is 8.03. The van der Waals surface area contributed by atoms with Gasteiger partial charge in [-0.3, -0.25) is 4.79 Å². The number of hydrogen-bond acceptors (Lipinski definition) is 3. The maximum absolute atomic E-state index is 13.7. The molecule has 2 rings (SSSR count). The Morgan fingerprint density at radius 3 is 2.90 bits per heavy atom. The second-order valence-electron chi connectivity index (χ2n) is 4.38. The molecule has 0 saturated heterocycles. The van der Waals surface area contributed by atoms with Gasteiger partial charge in [-0.25, -0.2) is 4.39 Å². The third-order valence-electron chi connectivity index (χ3n) is 2.65. The van der Waals surface area contributed by atoms with Crippen LogP contribution in [0.3, 0.4) is 0 Å². The SMILES string of the molecule is Cc1ccc(NC(=O)c2ccc(C#CCCO)s2)c(F)c1. The van der Waals surface area contributed by atoms with Crippen molar-refractivity contribution in [3.8, 4) is 11.8 Å². The van der Waals surface area contributed by atoms with E-state index in [0.717, 1.165) is 10.4 Å². The Labute approximate surface area is 126 Å². The molecule has 2 N–H and O–H groups in total. The Balaban J connectivity index is 2.09. The summed E-state index contributed by atoms with van der Waals surface area (Å²) in [6.07, 6.45) is 0.397. The summed E-state index contributed by atoms with van der Waals surface area (Å²) in [6.45, 7) is 1.80. The molecule has 0 aliphatic heterocycles. The molecule has 0 aliphatic carbocycles. The number of amides is 1. The topological polar surface area (TPSA) is 49.3 Å². The minimum atomic E-state index is -0.456. The first-order chi connectivity index (χ1) is 10.1.